The molecule has 3 unspecified atom stereocenters. The highest BCUT2D eigenvalue weighted by Gasteiger charge is 2.54. The van der Waals surface area contributed by atoms with E-state index in [1.165, 1.54) is 31.1 Å². The van der Waals surface area contributed by atoms with Gasteiger partial charge in [-0.15, -0.1) is 0 Å². The number of nitrogen functional groups attached to an aromatic ring is 1. The molecule has 28 heavy (non-hydrogen) atoms. The number of carbonyl (C=O) groups is 1. The van der Waals surface area contributed by atoms with Crippen molar-refractivity contribution in [2.45, 2.75) is 43.9 Å². The van der Waals surface area contributed by atoms with E-state index in [0.29, 0.717) is 11.2 Å². The van der Waals surface area contributed by atoms with Crippen LogP contribution in [0.3, 0.4) is 0 Å². The van der Waals surface area contributed by atoms with Crippen LogP contribution in [0.5, 0.6) is 0 Å². The first kappa shape index (κ1) is 19.2. The van der Waals surface area contributed by atoms with Gasteiger partial charge < -0.3 is 25.2 Å². The van der Waals surface area contributed by atoms with Crippen LogP contribution in [0.2, 0.25) is 0 Å². The number of rotatable bonds is 4. The molecule has 0 amide bonds. The molecule has 0 saturated carbocycles. The fraction of sp³-hybridized carbons (Fsp3) is 0.571. The van der Waals surface area contributed by atoms with Crippen LogP contribution in [0.1, 0.15) is 20.1 Å². The third-order valence-corrected chi connectivity index (χ3v) is 6.33. The van der Waals surface area contributed by atoms with Crippen LogP contribution < -0.4 is 10.8 Å². The Hall–Kier alpha value is -2.15. The number of imidazole rings is 1. The van der Waals surface area contributed by atoms with Gasteiger partial charge in [-0.2, -0.15) is 5.09 Å². The number of carbonyl (C=O) groups excluding carboxylic acids is 1. The Kier molecular flexibility index (Phi) is 4.41. The molecule has 2 aromatic heterocycles. The highest BCUT2D eigenvalue weighted by molar-refractivity contribution is 7.52. The second kappa shape index (κ2) is 6.44. The molecule has 2 aliphatic rings. The average molecular weight is 414 g/mol. The molecule has 0 bridgehead atoms. The van der Waals surface area contributed by atoms with Crippen LogP contribution in [-0.4, -0.2) is 66.2 Å². The molecule has 4 heterocycles. The van der Waals surface area contributed by atoms with Crippen molar-refractivity contribution >= 4 is 30.7 Å². The predicted octanol–water partition coefficient (Wildman–Crippen LogP) is -0.923. The first-order valence-corrected chi connectivity index (χ1v) is 9.91. The lowest BCUT2D eigenvalue weighted by atomic mass is 9.96. The van der Waals surface area contributed by atoms with E-state index in [-0.39, 0.29) is 5.82 Å². The zero-order chi connectivity index (χ0) is 20.3. The van der Waals surface area contributed by atoms with E-state index in [1.54, 1.807) is 0 Å². The molecular formula is C14H19N6O7P. The summed E-state index contributed by atoms with van der Waals surface area (Å²) in [4.78, 5) is 23.5. The number of aliphatic hydroxyl groups is 2. The molecule has 13 nitrogen and oxygen atoms in total. The first-order chi connectivity index (χ1) is 13.1. The maximum Gasteiger partial charge on any atom is 0.461 e. The molecule has 2 saturated heterocycles. The van der Waals surface area contributed by atoms with Crippen molar-refractivity contribution in [1.82, 2.24) is 24.6 Å². The quantitative estimate of drug-likeness (QED) is 0.452. The molecule has 0 aliphatic carbocycles. The summed E-state index contributed by atoms with van der Waals surface area (Å²) in [5.41, 5.74) is 4.63. The van der Waals surface area contributed by atoms with Gasteiger partial charge >= 0.3 is 13.7 Å². The lowest BCUT2D eigenvalue weighted by Crippen LogP contribution is -2.44. The topological polar surface area (TPSA) is 184 Å². The Morgan fingerprint density at radius 1 is 1.46 bits per heavy atom. The molecule has 152 valence electrons. The fourth-order valence-electron chi connectivity index (χ4n) is 3.17. The summed E-state index contributed by atoms with van der Waals surface area (Å²) in [6.07, 6.45) is -0.970. The van der Waals surface area contributed by atoms with Gasteiger partial charge in [-0.3, -0.25) is 9.09 Å². The minimum absolute atomic E-state index is 0.156. The van der Waals surface area contributed by atoms with Gasteiger partial charge in [0.25, 0.3) is 0 Å². The van der Waals surface area contributed by atoms with Crippen LogP contribution in [0, 0.1) is 0 Å². The van der Waals surface area contributed by atoms with E-state index in [2.05, 4.69) is 20.0 Å². The SMILES string of the molecule is CC1NP(=O)(OC[C@H]2O[C@@H](n3cnc4c(N)ncnc43)[C@@](C)(O)C2O)OC1=O. The Morgan fingerprint density at radius 3 is 2.89 bits per heavy atom. The van der Waals surface area contributed by atoms with Gasteiger partial charge in [0.15, 0.2) is 17.7 Å². The lowest BCUT2D eigenvalue weighted by Gasteiger charge is -2.27. The Bertz CT molecular complexity index is 980. The Morgan fingerprint density at radius 2 is 2.21 bits per heavy atom. The van der Waals surface area contributed by atoms with Crippen molar-refractivity contribution in [2.75, 3.05) is 12.3 Å². The Labute approximate surface area is 158 Å². The van der Waals surface area contributed by atoms with Gasteiger partial charge in [0.2, 0.25) is 0 Å². The van der Waals surface area contributed by atoms with Crippen molar-refractivity contribution in [3.8, 4) is 0 Å². The summed E-state index contributed by atoms with van der Waals surface area (Å²) in [5, 5.41) is 23.7. The van der Waals surface area contributed by atoms with E-state index >= 15 is 0 Å². The van der Waals surface area contributed by atoms with Crippen LogP contribution in [0.15, 0.2) is 12.7 Å². The van der Waals surface area contributed by atoms with E-state index in [0.717, 1.165) is 0 Å². The molecule has 2 aliphatic heterocycles. The van der Waals surface area contributed by atoms with E-state index in [9.17, 15) is 19.6 Å². The summed E-state index contributed by atoms with van der Waals surface area (Å²) in [5.74, 6) is -0.550. The minimum atomic E-state index is -3.86. The second-order valence-corrected chi connectivity index (χ2v) is 8.53. The largest absolute Gasteiger partial charge is 0.461 e. The molecule has 6 atom stereocenters. The van der Waals surface area contributed by atoms with E-state index in [1.807, 2.05) is 0 Å². The fourth-order valence-corrected chi connectivity index (χ4v) is 4.67. The van der Waals surface area contributed by atoms with Crippen LogP contribution in [0.4, 0.5) is 5.82 Å². The van der Waals surface area contributed by atoms with Crippen LogP contribution in [-0.2, 0) is 23.1 Å². The van der Waals surface area contributed by atoms with Gasteiger partial charge in [0.1, 0.15) is 35.7 Å². The van der Waals surface area contributed by atoms with Crippen molar-refractivity contribution in [3.05, 3.63) is 12.7 Å². The zero-order valence-corrected chi connectivity index (χ0v) is 15.8. The highest BCUT2D eigenvalue weighted by Crippen LogP contribution is 2.50. The smallest absolute Gasteiger partial charge is 0.387 e. The number of aromatic nitrogens is 4. The van der Waals surface area contributed by atoms with Gasteiger partial charge in [-0.1, -0.05) is 0 Å². The number of nitrogens with two attached hydrogens (primary N) is 1. The monoisotopic (exact) mass is 414 g/mol. The number of fused-ring (bicyclic) bond motifs is 1. The maximum atomic E-state index is 12.4. The summed E-state index contributed by atoms with van der Waals surface area (Å²) in [6.45, 7) is 2.45. The molecule has 0 radical (unpaired) electrons. The molecule has 0 aromatic carbocycles. The summed E-state index contributed by atoms with van der Waals surface area (Å²) >= 11 is 0. The van der Waals surface area contributed by atoms with Crippen molar-refractivity contribution in [3.63, 3.8) is 0 Å². The van der Waals surface area contributed by atoms with Gasteiger partial charge in [0.05, 0.1) is 12.9 Å². The maximum absolute atomic E-state index is 12.4. The molecular weight excluding hydrogens is 395 g/mol. The molecule has 2 aromatic rings. The lowest BCUT2D eigenvalue weighted by molar-refractivity contribution is -0.134. The molecule has 0 spiro atoms. The van der Waals surface area contributed by atoms with E-state index < -0.39 is 50.4 Å². The summed E-state index contributed by atoms with van der Waals surface area (Å²) in [7, 11) is -3.86. The van der Waals surface area contributed by atoms with Crippen molar-refractivity contribution in [2.24, 2.45) is 0 Å². The van der Waals surface area contributed by atoms with Crippen molar-refractivity contribution < 1.29 is 33.4 Å². The zero-order valence-electron chi connectivity index (χ0n) is 14.9. The molecule has 5 N–H and O–H groups in total. The van der Waals surface area contributed by atoms with Crippen molar-refractivity contribution in [1.29, 1.82) is 0 Å². The number of aliphatic hydroxyl groups excluding tert-OH is 1. The predicted molar refractivity (Wildman–Crippen MR) is 92.5 cm³/mol. The van der Waals surface area contributed by atoms with Crippen LogP contribution >= 0.6 is 7.75 Å². The normalized spacial score (nSPS) is 38.2. The molecule has 4 rings (SSSR count). The first-order valence-electron chi connectivity index (χ1n) is 8.37. The third-order valence-electron chi connectivity index (χ3n) is 4.72. The molecule has 14 heteroatoms. The standard InChI is InChI=1S/C14H19N6O7P/c1-6-12(22)27-28(24,19-6)25-3-7-9(21)14(2,23)13(26-7)20-5-18-8-10(15)16-4-17-11(8)20/h4-7,9,13,21,23H,3H2,1-2H3,(H,19,24)(H2,15,16,17)/t6?,7-,9?,13-,14+,28?/m1/s1. The number of nitrogens with one attached hydrogen (secondary N) is 1. The average Bonchev–Trinajstić information content (AvgIpc) is 3.22. The summed E-state index contributed by atoms with van der Waals surface area (Å²) in [6, 6.07) is -0.779. The number of nitrogens with zero attached hydrogens (tertiary/aromatic N) is 4. The second-order valence-electron chi connectivity index (χ2n) is 6.83. The third kappa shape index (κ3) is 2.96. The number of anilines is 1. The highest BCUT2D eigenvalue weighted by atomic mass is 31.2. The number of hydrogen-bond donors (Lipinski definition) is 4. The number of ether oxygens (including phenoxy) is 1. The molecule has 2 fully saturated rings. The minimum Gasteiger partial charge on any atom is -0.387 e. The summed E-state index contributed by atoms with van der Waals surface area (Å²) < 4.78 is 29.4. The number of hydrogen-bond acceptors (Lipinski definition) is 11. The van der Waals surface area contributed by atoms with Gasteiger partial charge in [-0.25, -0.2) is 24.3 Å². The van der Waals surface area contributed by atoms with E-state index in [4.69, 9.17) is 19.5 Å². The van der Waals surface area contributed by atoms with Gasteiger partial charge in [-0.05, 0) is 13.8 Å². The Balaban J connectivity index is 1.55. The van der Waals surface area contributed by atoms with Gasteiger partial charge in [0, 0.05) is 0 Å². The van der Waals surface area contributed by atoms with Crippen LogP contribution in [0.25, 0.3) is 11.2 Å².